The maximum Gasteiger partial charge on any atom is 0.497 e. The van der Waals surface area contributed by atoms with Crippen molar-refractivity contribution >= 4 is 12.6 Å². The van der Waals surface area contributed by atoms with Crippen LogP contribution in [0.1, 0.15) is 33.3 Å². The molecule has 1 aliphatic heterocycles. The van der Waals surface area contributed by atoms with Crippen molar-refractivity contribution in [3.63, 3.8) is 0 Å². The first kappa shape index (κ1) is 14.3. The van der Waals surface area contributed by atoms with Crippen molar-refractivity contribution in [1.29, 1.82) is 0 Å². The molecule has 4 nitrogen and oxygen atoms in total. The van der Waals surface area contributed by atoms with Crippen LogP contribution in [0.3, 0.4) is 0 Å². The summed E-state index contributed by atoms with van der Waals surface area (Å²) in [5, 5.41) is 6.76. The van der Waals surface area contributed by atoms with E-state index in [0.717, 1.165) is 6.20 Å². The Bertz CT molecular complexity index is 475. The van der Waals surface area contributed by atoms with Crippen LogP contribution in [0.15, 0.2) is 12.4 Å². The molecule has 19 heavy (non-hydrogen) atoms. The molecule has 1 fully saturated rings. The van der Waals surface area contributed by atoms with Crippen LogP contribution in [0.5, 0.6) is 0 Å². The minimum Gasteiger partial charge on any atom is -0.399 e. The Labute approximate surface area is 109 Å². The number of aromatic nitrogens is 2. The molecular weight excluding hydrogens is 260 g/mol. The Kier molecular flexibility index (Phi) is 3.14. The molecule has 0 unspecified atom stereocenters. The standard InChI is InChI=1S/C11H14BF3N2O2/c1-9(2)10(3,4)19-12(18-9)8-6-17-16-5-7(8)11(13,14)15/h5-6H,1-4H3. The summed E-state index contributed by atoms with van der Waals surface area (Å²) in [6.07, 6.45) is -2.81. The lowest BCUT2D eigenvalue weighted by Crippen LogP contribution is -2.41. The fourth-order valence-corrected chi connectivity index (χ4v) is 1.73. The number of alkyl halides is 3. The zero-order valence-corrected chi connectivity index (χ0v) is 11.1. The summed E-state index contributed by atoms with van der Waals surface area (Å²) in [5.41, 5.74) is -2.45. The third kappa shape index (κ3) is 2.46. The summed E-state index contributed by atoms with van der Waals surface area (Å²) in [6, 6.07) is 0. The fourth-order valence-electron chi connectivity index (χ4n) is 1.73. The number of nitrogens with zero attached hydrogens (tertiary/aromatic N) is 2. The van der Waals surface area contributed by atoms with Crippen LogP contribution in [0.25, 0.3) is 0 Å². The fraction of sp³-hybridized carbons (Fsp3) is 0.636. The summed E-state index contributed by atoms with van der Waals surface area (Å²) >= 11 is 0. The molecule has 0 saturated carbocycles. The molecule has 1 aromatic heterocycles. The van der Waals surface area contributed by atoms with E-state index in [-0.39, 0.29) is 5.46 Å². The van der Waals surface area contributed by atoms with Crippen molar-refractivity contribution in [3.05, 3.63) is 18.0 Å². The van der Waals surface area contributed by atoms with Crippen LogP contribution in [-0.2, 0) is 15.5 Å². The quantitative estimate of drug-likeness (QED) is 0.732. The minimum atomic E-state index is -4.52. The van der Waals surface area contributed by atoms with Crippen molar-refractivity contribution in [2.24, 2.45) is 0 Å². The first-order valence-corrected chi connectivity index (χ1v) is 5.78. The number of hydrogen-bond acceptors (Lipinski definition) is 4. The summed E-state index contributed by atoms with van der Waals surface area (Å²) < 4.78 is 49.9. The molecule has 0 bridgehead atoms. The maximum atomic E-state index is 12.9. The number of halogens is 3. The van der Waals surface area contributed by atoms with Crippen molar-refractivity contribution in [2.75, 3.05) is 0 Å². The highest BCUT2D eigenvalue weighted by atomic mass is 19.4. The Morgan fingerprint density at radius 3 is 1.95 bits per heavy atom. The molecule has 1 aliphatic rings. The Morgan fingerprint density at radius 1 is 1.00 bits per heavy atom. The highest BCUT2D eigenvalue weighted by molar-refractivity contribution is 6.62. The second-order valence-corrected chi connectivity index (χ2v) is 5.44. The Morgan fingerprint density at radius 2 is 1.47 bits per heavy atom. The average molecular weight is 274 g/mol. The van der Waals surface area contributed by atoms with Crippen LogP contribution in [0, 0.1) is 0 Å². The van der Waals surface area contributed by atoms with Crippen molar-refractivity contribution in [1.82, 2.24) is 10.2 Å². The molecule has 0 spiro atoms. The van der Waals surface area contributed by atoms with Gasteiger partial charge >= 0.3 is 13.3 Å². The Hall–Kier alpha value is -1.15. The first-order valence-electron chi connectivity index (χ1n) is 5.78. The van der Waals surface area contributed by atoms with Crippen LogP contribution in [-0.4, -0.2) is 28.5 Å². The highest BCUT2D eigenvalue weighted by Crippen LogP contribution is 2.37. The van der Waals surface area contributed by atoms with Gasteiger partial charge in [0.05, 0.1) is 23.0 Å². The summed E-state index contributed by atoms with van der Waals surface area (Å²) in [6.45, 7) is 7.09. The van der Waals surface area contributed by atoms with Crippen LogP contribution in [0.4, 0.5) is 13.2 Å². The lowest BCUT2D eigenvalue weighted by atomic mass is 9.77. The summed E-state index contributed by atoms with van der Waals surface area (Å²) in [7, 11) is -1.10. The molecule has 8 heteroatoms. The monoisotopic (exact) mass is 274 g/mol. The molecule has 0 atom stereocenters. The van der Waals surface area contributed by atoms with E-state index in [1.54, 1.807) is 27.7 Å². The molecular formula is C11H14BF3N2O2. The SMILES string of the molecule is CC1(C)OB(c2cnncc2C(F)(F)F)OC1(C)C. The van der Waals surface area contributed by atoms with Gasteiger partial charge in [-0.3, -0.25) is 0 Å². The lowest BCUT2D eigenvalue weighted by molar-refractivity contribution is -0.137. The van der Waals surface area contributed by atoms with Crippen molar-refractivity contribution < 1.29 is 22.5 Å². The van der Waals surface area contributed by atoms with Gasteiger partial charge in [-0.15, -0.1) is 0 Å². The average Bonchev–Trinajstić information content (AvgIpc) is 2.47. The van der Waals surface area contributed by atoms with E-state index < -0.39 is 30.1 Å². The van der Waals surface area contributed by atoms with E-state index in [1.807, 2.05) is 0 Å². The van der Waals surface area contributed by atoms with Gasteiger partial charge in [-0.1, -0.05) is 0 Å². The van der Waals surface area contributed by atoms with Crippen molar-refractivity contribution in [2.45, 2.75) is 45.1 Å². The molecule has 1 aromatic rings. The normalized spacial score (nSPS) is 21.7. The van der Waals surface area contributed by atoms with Crippen LogP contribution >= 0.6 is 0 Å². The maximum absolute atomic E-state index is 12.9. The van der Waals surface area contributed by atoms with Crippen LogP contribution in [0.2, 0.25) is 0 Å². The van der Waals surface area contributed by atoms with Gasteiger partial charge in [0.15, 0.2) is 0 Å². The predicted octanol–water partition coefficient (Wildman–Crippen LogP) is 1.79. The summed E-state index contributed by atoms with van der Waals surface area (Å²) in [5.74, 6) is 0. The lowest BCUT2D eigenvalue weighted by Gasteiger charge is -2.32. The molecule has 0 aliphatic carbocycles. The Balaban J connectivity index is 2.41. The topological polar surface area (TPSA) is 44.2 Å². The molecule has 1 saturated heterocycles. The molecule has 2 rings (SSSR count). The van der Waals surface area contributed by atoms with E-state index in [4.69, 9.17) is 9.31 Å². The van der Waals surface area contributed by atoms with Gasteiger partial charge in [-0.2, -0.15) is 23.4 Å². The van der Waals surface area contributed by atoms with E-state index >= 15 is 0 Å². The zero-order chi connectivity index (χ0) is 14.5. The highest BCUT2D eigenvalue weighted by Gasteiger charge is 2.53. The van der Waals surface area contributed by atoms with E-state index in [0.29, 0.717) is 6.20 Å². The molecule has 104 valence electrons. The second kappa shape index (κ2) is 4.18. The smallest absolute Gasteiger partial charge is 0.399 e. The molecule has 2 heterocycles. The van der Waals surface area contributed by atoms with Gasteiger partial charge in [-0.05, 0) is 27.7 Å². The van der Waals surface area contributed by atoms with Gasteiger partial charge in [0, 0.05) is 11.7 Å². The minimum absolute atomic E-state index is 0.152. The third-order valence-electron chi connectivity index (χ3n) is 3.57. The van der Waals surface area contributed by atoms with Gasteiger partial charge in [-0.25, -0.2) is 0 Å². The van der Waals surface area contributed by atoms with E-state index in [1.165, 1.54) is 0 Å². The van der Waals surface area contributed by atoms with Gasteiger partial charge in [0.2, 0.25) is 0 Å². The van der Waals surface area contributed by atoms with Gasteiger partial charge in [0.25, 0.3) is 0 Å². The van der Waals surface area contributed by atoms with E-state index in [9.17, 15) is 13.2 Å². The number of rotatable bonds is 1. The summed E-state index contributed by atoms with van der Waals surface area (Å²) in [4.78, 5) is 0. The van der Waals surface area contributed by atoms with Gasteiger partial charge < -0.3 is 9.31 Å². The first-order chi connectivity index (χ1) is 8.55. The van der Waals surface area contributed by atoms with E-state index in [2.05, 4.69) is 10.2 Å². The third-order valence-corrected chi connectivity index (χ3v) is 3.57. The zero-order valence-electron chi connectivity index (χ0n) is 11.1. The molecule has 0 amide bonds. The molecule has 0 N–H and O–H groups in total. The van der Waals surface area contributed by atoms with Crippen molar-refractivity contribution in [3.8, 4) is 0 Å². The predicted molar refractivity (Wildman–Crippen MR) is 62.8 cm³/mol. The van der Waals surface area contributed by atoms with Crippen LogP contribution < -0.4 is 5.46 Å². The molecule has 0 aromatic carbocycles. The second-order valence-electron chi connectivity index (χ2n) is 5.44. The number of hydrogen-bond donors (Lipinski definition) is 0. The molecule has 0 radical (unpaired) electrons. The van der Waals surface area contributed by atoms with Gasteiger partial charge in [0.1, 0.15) is 0 Å². The largest absolute Gasteiger partial charge is 0.497 e.